The Morgan fingerprint density at radius 1 is 1.10 bits per heavy atom. The number of rotatable bonds is 3. The molecule has 0 radical (unpaired) electrons. The van der Waals surface area contributed by atoms with Crippen molar-refractivity contribution in [2.75, 3.05) is 6.79 Å². The highest BCUT2D eigenvalue weighted by atomic mass is 35.5. The Hall–Kier alpha value is -2.26. The number of carbonyl (C=O) groups excluding carboxylic acids is 1. The van der Waals surface area contributed by atoms with Crippen molar-refractivity contribution in [3.63, 3.8) is 0 Å². The Bertz CT molecular complexity index is 692. The van der Waals surface area contributed by atoms with Gasteiger partial charge in [0.05, 0.1) is 0 Å². The molecule has 0 spiro atoms. The van der Waals surface area contributed by atoms with Crippen molar-refractivity contribution in [3.8, 4) is 11.5 Å². The normalized spacial score (nSPS) is 12.8. The Labute approximate surface area is 121 Å². The standard InChI is InChI=1S/C16H11ClO3/c17-13-3-1-2-11(8-13)4-6-14(18)12-5-7-15-16(9-12)20-10-19-15/h1-9H,10H2/b6-4+. The number of hydrogen-bond donors (Lipinski definition) is 0. The molecule has 3 rings (SSSR count). The highest BCUT2D eigenvalue weighted by Crippen LogP contribution is 2.32. The summed E-state index contributed by atoms with van der Waals surface area (Å²) >= 11 is 5.89. The van der Waals surface area contributed by atoms with Crippen LogP contribution in [0.1, 0.15) is 15.9 Å². The maximum atomic E-state index is 12.1. The molecule has 0 unspecified atom stereocenters. The van der Waals surface area contributed by atoms with Gasteiger partial charge in [-0.15, -0.1) is 0 Å². The minimum absolute atomic E-state index is 0.0942. The van der Waals surface area contributed by atoms with E-state index in [2.05, 4.69) is 0 Å². The van der Waals surface area contributed by atoms with Gasteiger partial charge in [-0.2, -0.15) is 0 Å². The van der Waals surface area contributed by atoms with Crippen LogP contribution in [0.2, 0.25) is 5.02 Å². The van der Waals surface area contributed by atoms with Crippen molar-refractivity contribution in [1.29, 1.82) is 0 Å². The van der Waals surface area contributed by atoms with Crippen molar-refractivity contribution in [2.45, 2.75) is 0 Å². The van der Waals surface area contributed by atoms with Crippen LogP contribution in [0, 0.1) is 0 Å². The summed E-state index contributed by atoms with van der Waals surface area (Å²) in [6, 6.07) is 12.5. The third kappa shape index (κ3) is 2.68. The van der Waals surface area contributed by atoms with E-state index in [-0.39, 0.29) is 12.6 Å². The molecular weight excluding hydrogens is 276 g/mol. The van der Waals surface area contributed by atoms with E-state index in [4.69, 9.17) is 21.1 Å². The van der Waals surface area contributed by atoms with E-state index in [0.717, 1.165) is 5.56 Å². The summed E-state index contributed by atoms with van der Waals surface area (Å²) in [5, 5.41) is 0.641. The lowest BCUT2D eigenvalue weighted by Crippen LogP contribution is -1.94. The maximum absolute atomic E-state index is 12.1. The van der Waals surface area contributed by atoms with Gasteiger partial charge >= 0.3 is 0 Å². The Kier molecular flexibility index (Phi) is 3.44. The molecule has 0 fully saturated rings. The molecule has 100 valence electrons. The molecule has 1 aliphatic heterocycles. The zero-order valence-electron chi connectivity index (χ0n) is 10.5. The highest BCUT2D eigenvalue weighted by Gasteiger charge is 2.14. The topological polar surface area (TPSA) is 35.5 Å². The van der Waals surface area contributed by atoms with Crippen molar-refractivity contribution in [1.82, 2.24) is 0 Å². The summed E-state index contributed by atoms with van der Waals surface area (Å²) in [4.78, 5) is 12.1. The van der Waals surface area contributed by atoms with E-state index in [1.54, 1.807) is 36.4 Å². The van der Waals surface area contributed by atoms with Crippen molar-refractivity contribution in [3.05, 3.63) is 64.7 Å². The van der Waals surface area contributed by atoms with E-state index in [1.165, 1.54) is 6.08 Å². The number of ether oxygens (including phenoxy) is 2. The van der Waals surface area contributed by atoms with E-state index in [9.17, 15) is 4.79 Å². The van der Waals surface area contributed by atoms with Crippen LogP contribution in [-0.4, -0.2) is 12.6 Å². The van der Waals surface area contributed by atoms with Gasteiger partial charge in [0.25, 0.3) is 0 Å². The third-order valence-electron chi connectivity index (χ3n) is 2.93. The van der Waals surface area contributed by atoms with Crippen LogP contribution >= 0.6 is 11.6 Å². The molecule has 0 aromatic heterocycles. The van der Waals surface area contributed by atoms with E-state index >= 15 is 0 Å². The van der Waals surface area contributed by atoms with Crippen molar-refractivity contribution < 1.29 is 14.3 Å². The van der Waals surface area contributed by atoms with Gasteiger partial charge in [0.15, 0.2) is 17.3 Å². The molecule has 0 atom stereocenters. The molecule has 0 saturated carbocycles. The summed E-state index contributed by atoms with van der Waals surface area (Å²) in [6.45, 7) is 0.200. The first-order valence-corrected chi connectivity index (χ1v) is 6.48. The number of carbonyl (C=O) groups is 1. The average molecular weight is 287 g/mol. The predicted molar refractivity (Wildman–Crippen MR) is 77.4 cm³/mol. The van der Waals surface area contributed by atoms with Gasteiger partial charge in [-0.05, 0) is 42.0 Å². The summed E-state index contributed by atoms with van der Waals surface area (Å²) in [7, 11) is 0. The molecule has 4 heteroatoms. The fraction of sp³-hybridized carbons (Fsp3) is 0.0625. The maximum Gasteiger partial charge on any atom is 0.231 e. The second-order valence-electron chi connectivity index (χ2n) is 4.32. The minimum atomic E-state index is -0.0942. The fourth-order valence-electron chi connectivity index (χ4n) is 1.93. The Morgan fingerprint density at radius 3 is 2.80 bits per heavy atom. The molecule has 0 N–H and O–H groups in total. The lowest BCUT2D eigenvalue weighted by atomic mass is 10.1. The molecule has 2 aromatic rings. The van der Waals surface area contributed by atoms with Crippen LogP contribution in [0.3, 0.4) is 0 Å². The van der Waals surface area contributed by atoms with Crippen LogP contribution in [-0.2, 0) is 0 Å². The third-order valence-corrected chi connectivity index (χ3v) is 3.17. The first-order chi connectivity index (χ1) is 9.72. The fourth-order valence-corrected chi connectivity index (χ4v) is 2.13. The molecular formula is C16H11ClO3. The second-order valence-corrected chi connectivity index (χ2v) is 4.76. The number of ketones is 1. The quantitative estimate of drug-likeness (QED) is 0.633. The van der Waals surface area contributed by atoms with E-state index in [0.29, 0.717) is 22.1 Å². The molecule has 2 aromatic carbocycles. The molecule has 1 heterocycles. The van der Waals surface area contributed by atoms with E-state index in [1.807, 2.05) is 12.1 Å². The summed E-state index contributed by atoms with van der Waals surface area (Å²) in [5.41, 5.74) is 1.44. The number of halogens is 1. The monoisotopic (exact) mass is 286 g/mol. The van der Waals surface area contributed by atoms with E-state index < -0.39 is 0 Å². The zero-order valence-corrected chi connectivity index (χ0v) is 11.3. The van der Waals surface area contributed by atoms with Gasteiger partial charge in [0.1, 0.15) is 0 Å². The van der Waals surface area contributed by atoms with Gasteiger partial charge in [-0.25, -0.2) is 0 Å². The largest absolute Gasteiger partial charge is 0.454 e. The lowest BCUT2D eigenvalue weighted by Gasteiger charge is -1.99. The first kappa shape index (κ1) is 12.8. The highest BCUT2D eigenvalue weighted by molar-refractivity contribution is 6.30. The van der Waals surface area contributed by atoms with Crippen LogP contribution in [0.4, 0.5) is 0 Å². The smallest absolute Gasteiger partial charge is 0.231 e. The molecule has 0 bridgehead atoms. The zero-order chi connectivity index (χ0) is 13.9. The first-order valence-electron chi connectivity index (χ1n) is 6.10. The van der Waals surface area contributed by atoms with Crippen LogP contribution < -0.4 is 9.47 Å². The van der Waals surface area contributed by atoms with Crippen LogP contribution in [0.15, 0.2) is 48.5 Å². The summed E-state index contributed by atoms with van der Waals surface area (Å²) in [5.74, 6) is 1.18. The second kappa shape index (κ2) is 5.39. The van der Waals surface area contributed by atoms with Crippen molar-refractivity contribution in [2.24, 2.45) is 0 Å². The molecule has 0 saturated heterocycles. The van der Waals surface area contributed by atoms with Gasteiger partial charge in [-0.1, -0.05) is 29.8 Å². The Morgan fingerprint density at radius 2 is 1.95 bits per heavy atom. The van der Waals surface area contributed by atoms with Gasteiger partial charge < -0.3 is 9.47 Å². The summed E-state index contributed by atoms with van der Waals surface area (Å²) in [6.07, 6.45) is 3.25. The van der Waals surface area contributed by atoms with Crippen molar-refractivity contribution >= 4 is 23.5 Å². The molecule has 0 amide bonds. The van der Waals surface area contributed by atoms with Crippen LogP contribution in [0.5, 0.6) is 11.5 Å². The molecule has 3 nitrogen and oxygen atoms in total. The van der Waals surface area contributed by atoms with Gasteiger partial charge in [0, 0.05) is 10.6 Å². The molecule has 20 heavy (non-hydrogen) atoms. The molecule has 0 aliphatic carbocycles. The van der Waals surface area contributed by atoms with Gasteiger partial charge in [-0.3, -0.25) is 4.79 Å². The van der Waals surface area contributed by atoms with Crippen LogP contribution in [0.25, 0.3) is 6.08 Å². The number of benzene rings is 2. The average Bonchev–Trinajstić information content (AvgIpc) is 2.92. The Balaban J connectivity index is 1.79. The van der Waals surface area contributed by atoms with Gasteiger partial charge in [0.2, 0.25) is 6.79 Å². The summed E-state index contributed by atoms with van der Waals surface area (Å²) < 4.78 is 10.5. The SMILES string of the molecule is O=C(/C=C/c1cccc(Cl)c1)c1ccc2c(c1)OCO2. The number of hydrogen-bond acceptors (Lipinski definition) is 3. The predicted octanol–water partition coefficient (Wildman–Crippen LogP) is 3.96. The molecule has 1 aliphatic rings. The lowest BCUT2D eigenvalue weighted by molar-refractivity contribution is 0.104. The number of allylic oxidation sites excluding steroid dienone is 1. The number of fused-ring (bicyclic) bond motifs is 1. The minimum Gasteiger partial charge on any atom is -0.454 e.